The third-order valence-electron chi connectivity index (χ3n) is 2.19. The van der Waals surface area contributed by atoms with E-state index in [0.717, 1.165) is 19.1 Å². The predicted molar refractivity (Wildman–Crippen MR) is 80.9 cm³/mol. The van der Waals surface area contributed by atoms with Gasteiger partial charge in [-0.15, -0.1) is 11.3 Å². The van der Waals surface area contributed by atoms with Crippen LogP contribution in [0.2, 0.25) is 0 Å². The molecule has 0 radical (unpaired) electrons. The molecule has 0 saturated heterocycles. The summed E-state index contributed by atoms with van der Waals surface area (Å²) < 4.78 is 5.14. The zero-order chi connectivity index (χ0) is 15.2. The van der Waals surface area contributed by atoms with E-state index in [0.29, 0.717) is 16.4 Å². The molecule has 6 heteroatoms. The molecule has 0 aliphatic carbocycles. The standard InChI is InChI=1S/C14H20N2O3S/c1-5-6-7-10(8-17)11-9-20-12(15-11)16-13(18)19-14(2,3)4/h7-9H,5-6H2,1-4H3,(H,15,16,18)/b10-7+. The predicted octanol–water partition coefficient (Wildman–Crippen LogP) is 3.87. The number of nitrogens with zero attached hydrogens (tertiary/aromatic N) is 1. The number of allylic oxidation sites excluding steroid dienone is 2. The third kappa shape index (κ3) is 5.52. The molecule has 1 amide bonds. The maximum atomic E-state index is 11.6. The average molecular weight is 296 g/mol. The Morgan fingerprint density at radius 2 is 2.20 bits per heavy atom. The van der Waals surface area contributed by atoms with Gasteiger partial charge in [0, 0.05) is 11.0 Å². The van der Waals surface area contributed by atoms with Crippen molar-refractivity contribution in [1.82, 2.24) is 4.98 Å². The number of carbonyl (C=O) groups excluding carboxylic acids is 2. The molecular weight excluding hydrogens is 276 g/mol. The van der Waals surface area contributed by atoms with E-state index in [4.69, 9.17) is 4.74 Å². The van der Waals surface area contributed by atoms with Gasteiger partial charge in [0.2, 0.25) is 0 Å². The van der Waals surface area contributed by atoms with Gasteiger partial charge in [-0.25, -0.2) is 9.78 Å². The summed E-state index contributed by atoms with van der Waals surface area (Å²) in [6.07, 6.45) is 3.86. The highest BCUT2D eigenvalue weighted by Crippen LogP contribution is 2.21. The molecule has 0 saturated carbocycles. The molecule has 0 aliphatic rings. The zero-order valence-corrected chi connectivity index (χ0v) is 13.0. The van der Waals surface area contributed by atoms with Gasteiger partial charge in [0.25, 0.3) is 0 Å². The van der Waals surface area contributed by atoms with Crippen molar-refractivity contribution in [3.63, 3.8) is 0 Å². The van der Waals surface area contributed by atoms with Crippen LogP contribution in [0.3, 0.4) is 0 Å². The monoisotopic (exact) mass is 296 g/mol. The van der Waals surface area contributed by atoms with Crippen LogP contribution in [0.1, 0.15) is 46.2 Å². The lowest BCUT2D eigenvalue weighted by molar-refractivity contribution is -0.103. The molecule has 0 aliphatic heterocycles. The Labute approximate surface area is 123 Å². The fourth-order valence-electron chi connectivity index (χ4n) is 1.37. The fraction of sp³-hybridized carbons (Fsp3) is 0.500. The van der Waals surface area contributed by atoms with Gasteiger partial charge >= 0.3 is 6.09 Å². The normalized spacial score (nSPS) is 12.1. The summed E-state index contributed by atoms with van der Waals surface area (Å²) in [6, 6.07) is 0. The first-order valence-electron chi connectivity index (χ1n) is 6.47. The molecule has 1 rings (SSSR count). The van der Waals surface area contributed by atoms with Crippen LogP contribution in [0.15, 0.2) is 11.5 Å². The van der Waals surface area contributed by atoms with E-state index in [9.17, 15) is 9.59 Å². The first-order valence-corrected chi connectivity index (χ1v) is 7.35. The Morgan fingerprint density at radius 3 is 2.75 bits per heavy atom. The SMILES string of the molecule is CCC/C=C(\C=O)c1csc(NC(=O)OC(C)(C)C)n1. The minimum atomic E-state index is -0.556. The van der Waals surface area contributed by atoms with Gasteiger partial charge in [0.1, 0.15) is 5.60 Å². The molecule has 0 unspecified atom stereocenters. The highest BCUT2D eigenvalue weighted by molar-refractivity contribution is 7.14. The maximum Gasteiger partial charge on any atom is 0.413 e. The van der Waals surface area contributed by atoms with Gasteiger partial charge in [-0.05, 0) is 27.2 Å². The average Bonchev–Trinajstić information content (AvgIpc) is 2.76. The summed E-state index contributed by atoms with van der Waals surface area (Å²) in [4.78, 5) is 26.8. The lowest BCUT2D eigenvalue weighted by Crippen LogP contribution is -2.27. The van der Waals surface area contributed by atoms with E-state index in [1.165, 1.54) is 11.3 Å². The Morgan fingerprint density at radius 1 is 1.50 bits per heavy atom. The topological polar surface area (TPSA) is 68.3 Å². The van der Waals surface area contributed by atoms with Gasteiger partial charge in [0.05, 0.1) is 5.69 Å². The molecule has 1 N–H and O–H groups in total. The van der Waals surface area contributed by atoms with E-state index < -0.39 is 11.7 Å². The largest absolute Gasteiger partial charge is 0.444 e. The van der Waals surface area contributed by atoms with E-state index in [2.05, 4.69) is 10.3 Å². The quantitative estimate of drug-likeness (QED) is 0.661. The summed E-state index contributed by atoms with van der Waals surface area (Å²) in [5, 5.41) is 4.71. The van der Waals surface area contributed by atoms with Crippen molar-refractivity contribution in [3.05, 3.63) is 17.2 Å². The molecule has 0 atom stereocenters. The summed E-state index contributed by atoms with van der Waals surface area (Å²) in [6.45, 7) is 7.41. The second-order valence-electron chi connectivity index (χ2n) is 5.23. The van der Waals surface area contributed by atoms with Crippen LogP contribution < -0.4 is 5.32 Å². The highest BCUT2D eigenvalue weighted by atomic mass is 32.1. The number of amides is 1. The molecule has 0 fully saturated rings. The van der Waals surface area contributed by atoms with Crippen molar-refractivity contribution in [1.29, 1.82) is 0 Å². The number of unbranched alkanes of at least 4 members (excludes halogenated alkanes) is 1. The Kier molecular flexibility index (Phi) is 5.88. The molecular formula is C14H20N2O3S. The zero-order valence-electron chi connectivity index (χ0n) is 12.2. The molecule has 1 aromatic rings. The molecule has 0 spiro atoms. The van der Waals surface area contributed by atoms with Gasteiger partial charge < -0.3 is 4.74 Å². The fourth-order valence-corrected chi connectivity index (χ4v) is 2.07. The number of anilines is 1. The second-order valence-corrected chi connectivity index (χ2v) is 6.09. The van der Waals surface area contributed by atoms with E-state index in [-0.39, 0.29) is 0 Å². The molecule has 0 aromatic carbocycles. The highest BCUT2D eigenvalue weighted by Gasteiger charge is 2.17. The lowest BCUT2D eigenvalue weighted by Gasteiger charge is -2.18. The van der Waals surface area contributed by atoms with Crippen molar-refractivity contribution < 1.29 is 14.3 Å². The molecule has 5 nitrogen and oxygen atoms in total. The van der Waals surface area contributed by atoms with Crippen molar-refractivity contribution in [3.8, 4) is 0 Å². The second kappa shape index (κ2) is 7.19. The van der Waals surface area contributed by atoms with Crippen molar-refractivity contribution in [2.75, 3.05) is 5.32 Å². The number of hydrogen-bond acceptors (Lipinski definition) is 5. The number of aromatic nitrogens is 1. The minimum absolute atomic E-state index is 0.415. The van der Waals surface area contributed by atoms with E-state index >= 15 is 0 Å². The smallest absolute Gasteiger partial charge is 0.413 e. The Bertz CT molecular complexity index is 501. The van der Waals surface area contributed by atoms with Crippen LogP contribution in [-0.2, 0) is 9.53 Å². The Balaban J connectivity index is 2.72. The van der Waals surface area contributed by atoms with Crippen LogP contribution in [0.4, 0.5) is 9.93 Å². The molecule has 0 bridgehead atoms. The van der Waals surface area contributed by atoms with Crippen LogP contribution >= 0.6 is 11.3 Å². The van der Waals surface area contributed by atoms with Gasteiger partial charge in [0.15, 0.2) is 11.4 Å². The number of nitrogens with one attached hydrogen (secondary N) is 1. The first-order chi connectivity index (χ1) is 9.35. The molecule has 110 valence electrons. The summed E-state index contributed by atoms with van der Waals surface area (Å²) in [5.41, 5.74) is 0.559. The minimum Gasteiger partial charge on any atom is -0.444 e. The number of ether oxygens (including phenoxy) is 1. The van der Waals surface area contributed by atoms with E-state index in [1.807, 2.05) is 13.0 Å². The number of carbonyl (C=O) groups is 2. The number of hydrogen-bond donors (Lipinski definition) is 1. The lowest BCUT2D eigenvalue weighted by atomic mass is 10.2. The van der Waals surface area contributed by atoms with Crippen molar-refractivity contribution >= 4 is 34.4 Å². The maximum absolute atomic E-state index is 11.6. The summed E-state index contributed by atoms with van der Waals surface area (Å²) >= 11 is 1.26. The van der Waals surface area contributed by atoms with Crippen LogP contribution in [-0.4, -0.2) is 23.0 Å². The van der Waals surface area contributed by atoms with Gasteiger partial charge in [-0.2, -0.15) is 0 Å². The molecule has 1 heterocycles. The summed E-state index contributed by atoms with van der Waals surface area (Å²) in [7, 11) is 0. The van der Waals surface area contributed by atoms with Crippen molar-refractivity contribution in [2.24, 2.45) is 0 Å². The van der Waals surface area contributed by atoms with Gasteiger partial charge in [-0.1, -0.05) is 19.4 Å². The number of thiazole rings is 1. The first kappa shape index (κ1) is 16.4. The summed E-state index contributed by atoms with van der Waals surface area (Å²) in [5.74, 6) is 0. The third-order valence-corrected chi connectivity index (χ3v) is 2.95. The molecule has 20 heavy (non-hydrogen) atoms. The van der Waals surface area contributed by atoms with Crippen LogP contribution in [0, 0.1) is 0 Å². The molecule has 1 aromatic heterocycles. The Hall–Kier alpha value is -1.69. The van der Waals surface area contributed by atoms with Gasteiger partial charge in [-0.3, -0.25) is 10.1 Å². The van der Waals surface area contributed by atoms with Crippen LogP contribution in [0.25, 0.3) is 5.57 Å². The van der Waals surface area contributed by atoms with E-state index in [1.54, 1.807) is 26.2 Å². The van der Waals surface area contributed by atoms with Crippen molar-refractivity contribution in [2.45, 2.75) is 46.1 Å². The number of rotatable bonds is 5. The number of aldehydes is 1. The van der Waals surface area contributed by atoms with Crippen LogP contribution in [0.5, 0.6) is 0 Å².